The highest BCUT2D eigenvalue weighted by molar-refractivity contribution is 7.62. The molecule has 0 saturated carbocycles. The minimum atomic E-state index is -4.53. The lowest BCUT2D eigenvalue weighted by Gasteiger charge is -2.39. The topological polar surface area (TPSA) is 50.3 Å². The molecule has 252 valence electrons. The fraction of sp³-hybridized carbons (Fsp3) is 0.625. The normalized spacial score (nSPS) is 19.2. The highest BCUT2D eigenvalue weighted by atomic mass is 31.2. The zero-order valence-electron chi connectivity index (χ0n) is 26.3. The second kappa shape index (κ2) is 14.9. The fourth-order valence-electron chi connectivity index (χ4n) is 6.15. The van der Waals surface area contributed by atoms with Crippen molar-refractivity contribution in [2.24, 2.45) is 0 Å². The molecule has 0 spiro atoms. The summed E-state index contributed by atoms with van der Waals surface area (Å²) in [7, 11) is -2.11. The fourth-order valence-corrected chi connectivity index (χ4v) is 6.91. The van der Waals surface area contributed by atoms with E-state index >= 15 is 0 Å². The first-order valence-electron chi connectivity index (χ1n) is 15.4. The zero-order valence-corrected chi connectivity index (χ0v) is 27.2. The van der Waals surface area contributed by atoms with Gasteiger partial charge in [-0.2, -0.15) is 26.3 Å². The second-order valence-corrected chi connectivity index (χ2v) is 16.5. The van der Waals surface area contributed by atoms with Crippen LogP contribution in [0.15, 0.2) is 36.4 Å². The van der Waals surface area contributed by atoms with E-state index in [-0.39, 0.29) is 37.2 Å². The molecule has 45 heavy (non-hydrogen) atoms. The lowest BCUT2D eigenvalue weighted by Crippen LogP contribution is -2.51. The number of aliphatic hydroxyl groups is 1. The van der Waals surface area contributed by atoms with Gasteiger partial charge in [0.25, 0.3) is 0 Å². The quantitative estimate of drug-likeness (QED) is 0.254. The number of hydrogen-bond donors (Lipinski definition) is 1. The van der Waals surface area contributed by atoms with Crippen LogP contribution in [-0.4, -0.2) is 116 Å². The van der Waals surface area contributed by atoms with Crippen LogP contribution in [-0.2, 0) is 36.4 Å². The second-order valence-electron chi connectivity index (χ2n) is 12.9. The number of rotatable bonds is 11. The third-order valence-corrected chi connectivity index (χ3v) is 10.1. The van der Waals surface area contributed by atoms with Crippen molar-refractivity contribution < 1.29 is 36.0 Å². The summed E-state index contributed by atoms with van der Waals surface area (Å²) >= 11 is 0. The molecule has 6 nitrogen and oxygen atoms in total. The minimum absolute atomic E-state index is 0.151. The summed E-state index contributed by atoms with van der Waals surface area (Å²) in [6.07, 6.45) is -8.11. The van der Waals surface area contributed by atoms with Crippen molar-refractivity contribution in [3.63, 3.8) is 0 Å². The van der Waals surface area contributed by atoms with E-state index < -0.39 is 36.7 Å². The van der Waals surface area contributed by atoms with Crippen LogP contribution in [0.1, 0.15) is 33.4 Å². The standard InChI is InChI=1S/C32H45F6N4O2P/c1-24-4-6-26(29(18-24)31(33,34)35)21-41-12-14-42(15-13-41)28(23-43)19-25-5-7-27(30(20-25)32(36,37)38)22-40-10-8-39(9-11-40)16-17-45(2,3)44/h4-7,18,20,28,43H,8-17,19,21-23H2,1-3H3. The van der Waals surface area contributed by atoms with Gasteiger partial charge in [0.05, 0.1) is 24.9 Å². The number of hydrogen-bond acceptors (Lipinski definition) is 6. The Morgan fingerprint density at radius 3 is 1.76 bits per heavy atom. The number of halogens is 6. The Bertz CT molecular complexity index is 1320. The molecule has 2 aromatic carbocycles. The predicted octanol–water partition coefficient (Wildman–Crippen LogP) is 5.49. The highest BCUT2D eigenvalue weighted by Crippen LogP contribution is 2.36. The van der Waals surface area contributed by atoms with Crippen LogP contribution in [0.3, 0.4) is 0 Å². The monoisotopic (exact) mass is 662 g/mol. The van der Waals surface area contributed by atoms with Crippen LogP contribution >= 0.6 is 7.14 Å². The van der Waals surface area contributed by atoms with Gasteiger partial charge in [0.1, 0.15) is 0 Å². The lowest BCUT2D eigenvalue weighted by atomic mass is 9.97. The van der Waals surface area contributed by atoms with E-state index in [1.807, 2.05) is 14.7 Å². The van der Waals surface area contributed by atoms with Crippen LogP contribution in [0, 0.1) is 6.92 Å². The molecule has 2 heterocycles. The number of benzene rings is 2. The maximum Gasteiger partial charge on any atom is 0.416 e. The van der Waals surface area contributed by atoms with E-state index in [0.717, 1.165) is 25.7 Å². The first-order valence-corrected chi connectivity index (χ1v) is 18.2. The Morgan fingerprint density at radius 2 is 1.24 bits per heavy atom. The van der Waals surface area contributed by atoms with Crippen LogP contribution in [0.4, 0.5) is 26.3 Å². The number of alkyl halides is 6. The van der Waals surface area contributed by atoms with Gasteiger partial charge in [0, 0.05) is 84.2 Å². The molecule has 1 unspecified atom stereocenters. The zero-order chi connectivity index (χ0) is 33.0. The first-order chi connectivity index (χ1) is 21.0. The van der Waals surface area contributed by atoms with Crippen molar-refractivity contribution in [2.45, 2.75) is 44.8 Å². The van der Waals surface area contributed by atoms with Crippen LogP contribution < -0.4 is 0 Å². The Hall–Kier alpha value is -1.95. The highest BCUT2D eigenvalue weighted by Gasteiger charge is 2.36. The van der Waals surface area contributed by atoms with Crippen molar-refractivity contribution in [1.29, 1.82) is 0 Å². The van der Waals surface area contributed by atoms with Crippen molar-refractivity contribution >= 4 is 7.14 Å². The van der Waals surface area contributed by atoms with Gasteiger partial charge in [-0.25, -0.2) is 0 Å². The van der Waals surface area contributed by atoms with Crippen molar-refractivity contribution in [2.75, 3.05) is 85.0 Å². The number of aryl methyl sites for hydroxylation is 1. The summed E-state index contributed by atoms with van der Waals surface area (Å²) in [5.41, 5.74) is 0.155. The third kappa shape index (κ3) is 10.5. The van der Waals surface area contributed by atoms with E-state index in [0.29, 0.717) is 56.6 Å². The summed E-state index contributed by atoms with van der Waals surface area (Å²) in [6.45, 7) is 10.6. The summed E-state index contributed by atoms with van der Waals surface area (Å²) in [5, 5.41) is 10.2. The molecular formula is C32H45F6N4O2P. The van der Waals surface area contributed by atoms with Crippen molar-refractivity contribution in [3.05, 3.63) is 69.8 Å². The maximum absolute atomic E-state index is 14.2. The molecule has 0 amide bonds. The number of nitrogens with zero attached hydrogens (tertiary/aromatic N) is 4. The summed E-state index contributed by atoms with van der Waals surface area (Å²) in [4.78, 5) is 8.17. The Morgan fingerprint density at radius 1 is 0.756 bits per heavy atom. The van der Waals surface area contributed by atoms with E-state index in [1.165, 1.54) is 12.1 Å². The van der Waals surface area contributed by atoms with Gasteiger partial charge in [-0.15, -0.1) is 0 Å². The van der Waals surface area contributed by atoms with Gasteiger partial charge in [-0.1, -0.05) is 29.8 Å². The average Bonchev–Trinajstić information content (AvgIpc) is 2.96. The van der Waals surface area contributed by atoms with Crippen LogP contribution in [0.25, 0.3) is 0 Å². The van der Waals surface area contributed by atoms with Gasteiger partial charge < -0.3 is 14.6 Å². The summed E-state index contributed by atoms with van der Waals surface area (Å²) in [6, 6.07) is 8.38. The first kappa shape index (κ1) is 35.9. The average molecular weight is 663 g/mol. The molecule has 1 N–H and O–H groups in total. The lowest BCUT2D eigenvalue weighted by molar-refractivity contribution is -0.139. The largest absolute Gasteiger partial charge is 0.416 e. The summed E-state index contributed by atoms with van der Waals surface area (Å²) in [5.74, 6) is 0. The molecule has 2 aromatic rings. The molecule has 0 radical (unpaired) electrons. The van der Waals surface area contributed by atoms with E-state index in [1.54, 1.807) is 38.5 Å². The Balaban J connectivity index is 1.35. The molecule has 2 saturated heterocycles. The molecule has 1 atom stereocenters. The van der Waals surface area contributed by atoms with E-state index in [2.05, 4.69) is 4.90 Å². The van der Waals surface area contributed by atoms with E-state index in [4.69, 9.17) is 0 Å². The summed E-state index contributed by atoms with van der Waals surface area (Å²) < 4.78 is 95.3. The number of piperazine rings is 2. The smallest absolute Gasteiger partial charge is 0.395 e. The molecule has 13 heteroatoms. The van der Waals surface area contributed by atoms with Crippen molar-refractivity contribution in [1.82, 2.24) is 19.6 Å². The number of aliphatic hydroxyl groups excluding tert-OH is 1. The van der Waals surface area contributed by atoms with Crippen LogP contribution in [0.2, 0.25) is 0 Å². The van der Waals surface area contributed by atoms with Gasteiger partial charge in [0.15, 0.2) is 0 Å². The minimum Gasteiger partial charge on any atom is -0.395 e. The molecule has 2 aliphatic rings. The molecule has 2 fully saturated rings. The third-order valence-electron chi connectivity index (χ3n) is 8.86. The molecule has 0 aliphatic carbocycles. The molecule has 0 aromatic heterocycles. The maximum atomic E-state index is 14.2. The van der Waals surface area contributed by atoms with Gasteiger partial charge in [-0.05, 0) is 55.5 Å². The Kier molecular flexibility index (Phi) is 11.9. The van der Waals surface area contributed by atoms with Crippen molar-refractivity contribution in [3.8, 4) is 0 Å². The molecular weight excluding hydrogens is 617 g/mol. The van der Waals surface area contributed by atoms with Gasteiger partial charge >= 0.3 is 12.4 Å². The van der Waals surface area contributed by atoms with Crippen LogP contribution in [0.5, 0.6) is 0 Å². The van der Waals surface area contributed by atoms with Gasteiger partial charge in [-0.3, -0.25) is 14.7 Å². The molecule has 0 bridgehead atoms. The Labute approximate surface area is 262 Å². The van der Waals surface area contributed by atoms with Gasteiger partial charge in [0.2, 0.25) is 0 Å². The van der Waals surface area contributed by atoms with E-state index in [9.17, 15) is 36.0 Å². The SMILES string of the molecule is Cc1ccc(CN2CCN(C(CO)Cc3ccc(CN4CCN(CCP(C)(C)=O)CC4)c(C(F)(F)F)c3)CC2)c(C(F)(F)F)c1. The molecule has 4 rings (SSSR count). The molecule has 2 aliphatic heterocycles. The predicted molar refractivity (Wildman–Crippen MR) is 165 cm³/mol.